The molecule has 1 fully saturated rings. The fraction of sp³-hybridized carbons (Fsp3) is 0.400. The van der Waals surface area contributed by atoms with Gasteiger partial charge in [-0.2, -0.15) is 0 Å². The summed E-state index contributed by atoms with van der Waals surface area (Å²) in [6, 6.07) is 10.4. The topological polar surface area (TPSA) is 50.5 Å². The molecule has 0 amide bonds. The predicted octanol–water partition coefficient (Wildman–Crippen LogP) is 1.83. The zero-order valence-electron chi connectivity index (χ0n) is 11.6. The predicted molar refractivity (Wildman–Crippen MR) is 75.5 cm³/mol. The Kier molecular flexibility index (Phi) is 3.99. The first kappa shape index (κ1) is 13.1. The molecular formula is C15H19N3O2. The summed E-state index contributed by atoms with van der Waals surface area (Å²) in [5.41, 5.74) is 2.18. The van der Waals surface area contributed by atoms with Crippen LogP contribution in [0.1, 0.15) is 17.3 Å². The molecular weight excluding hydrogens is 254 g/mol. The molecule has 5 heteroatoms. The number of rotatable bonds is 4. The van der Waals surface area contributed by atoms with Gasteiger partial charge in [-0.15, -0.1) is 0 Å². The standard InChI is InChI=1S/C15H19N3O2/c1-19-15-5-3-2-4-13(15)14-10-16-7-8-18(14)11-12-6-9-20-17-12/h2-6,9,14,16H,7-8,10-11H2,1H3. The average molecular weight is 273 g/mol. The Morgan fingerprint density at radius 3 is 3.10 bits per heavy atom. The highest BCUT2D eigenvalue weighted by Crippen LogP contribution is 2.30. The summed E-state index contributed by atoms with van der Waals surface area (Å²) in [5.74, 6) is 0.936. The van der Waals surface area contributed by atoms with Gasteiger partial charge in [0.2, 0.25) is 0 Å². The molecule has 0 bridgehead atoms. The molecule has 0 spiro atoms. The van der Waals surface area contributed by atoms with Crippen LogP contribution in [-0.4, -0.2) is 36.8 Å². The molecule has 3 rings (SSSR count). The number of nitrogens with one attached hydrogen (secondary N) is 1. The quantitative estimate of drug-likeness (QED) is 0.921. The lowest BCUT2D eigenvalue weighted by Crippen LogP contribution is -2.45. The van der Waals surface area contributed by atoms with Gasteiger partial charge < -0.3 is 14.6 Å². The fourth-order valence-electron chi connectivity index (χ4n) is 2.71. The Bertz CT molecular complexity index is 542. The van der Waals surface area contributed by atoms with Crippen molar-refractivity contribution in [3.05, 3.63) is 47.9 Å². The van der Waals surface area contributed by atoms with E-state index in [2.05, 4.69) is 27.5 Å². The van der Waals surface area contributed by atoms with Crippen molar-refractivity contribution >= 4 is 0 Å². The van der Waals surface area contributed by atoms with Crippen molar-refractivity contribution in [1.82, 2.24) is 15.4 Å². The molecule has 1 N–H and O–H groups in total. The van der Waals surface area contributed by atoms with E-state index >= 15 is 0 Å². The highest BCUT2D eigenvalue weighted by Gasteiger charge is 2.26. The number of hydrogen-bond donors (Lipinski definition) is 1. The summed E-state index contributed by atoms with van der Waals surface area (Å²) in [6.07, 6.45) is 1.62. The maximum Gasteiger partial charge on any atom is 0.124 e. The van der Waals surface area contributed by atoms with E-state index in [0.717, 1.165) is 37.6 Å². The summed E-state index contributed by atoms with van der Waals surface area (Å²) >= 11 is 0. The molecule has 1 atom stereocenters. The van der Waals surface area contributed by atoms with Crippen molar-refractivity contribution in [2.75, 3.05) is 26.7 Å². The lowest BCUT2D eigenvalue weighted by molar-refractivity contribution is 0.147. The monoisotopic (exact) mass is 273 g/mol. The maximum atomic E-state index is 5.49. The van der Waals surface area contributed by atoms with Crippen LogP contribution in [0.4, 0.5) is 0 Å². The Hall–Kier alpha value is -1.85. The van der Waals surface area contributed by atoms with Gasteiger partial charge in [0.1, 0.15) is 12.0 Å². The molecule has 1 aromatic carbocycles. The zero-order chi connectivity index (χ0) is 13.8. The summed E-state index contributed by atoms with van der Waals surface area (Å²) in [5, 5.41) is 7.47. The number of aromatic nitrogens is 1. The largest absolute Gasteiger partial charge is 0.496 e. The van der Waals surface area contributed by atoms with Crippen LogP contribution in [0.25, 0.3) is 0 Å². The summed E-state index contributed by atoms with van der Waals surface area (Å²) in [6.45, 7) is 3.68. The van der Waals surface area contributed by atoms with E-state index in [1.807, 2.05) is 18.2 Å². The molecule has 2 heterocycles. The minimum atomic E-state index is 0.289. The molecule has 1 saturated heterocycles. The van der Waals surface area contributed by atoms with E-state index in [-0.39, 0.29) is 6.04 Å². The zero-order valence-corrected chi connectivity index (χ0v) is 11.6. The van der Waals surface area contributed by atoms with Gasteiger partial charge in [-0.25, -0.2) is 0 Å². The van der Waals surface area contributed by atoms with Crippen LogP contribution in [0, 0.1) is 0 Å². The summed E-state index contributed by atoms with van der Waals surface area (Å²) < 4.78 is 10.4. The fourth-order valence-corrected chi connectivity index (χ4v) is 2.71. The van der Waals surface area contributed by atoms with Crippen LogP contribution < -0.4 is 10.1 Å². The maximum absolute atomic E-state index is 5.49. The van der Waals surface area contributed by atoms with Crippen molar-refractivity contribution in [2.45, 2.75) is 12.6 Å². The van der Waals surface area contributed by atoms with Crippen LogP contribution in [0.5, 0.6) is 5.75 Å². The van der Waals surface area contributed by atoms with Crippen LogP contribution in [0.15, 0.2) is 41.1 Å². The SMILES string of the molecule is COc1ccccc1C1CNCCN1Cc1ccon1. The van der Waals surface area contributed by atoms with E-state index in [4.69, 9.17) is 9.26 Å². The lowest BCUT2D eigenvalue weighted by Gasteiger charge is -2.36. The first-order valence-corrected chi connectivity index (χ1v) is 6.85. The van der Waals surface area contributed by atoms with Gasteiger partial charge in [-0.1, -0.05) is 23.4 Å². The highest BCUT2D eigenvalue weighted by atomic mass is 16.5. The molecule has 0 saturated carbocycles. The van der Waals surface area contributed by atoms with Gasteiger partial charge in [0.15, 0.2) is 0 Å². The third-order valence-corrected chi connectivity index (χ3v) is 3.71. The summed E-state index contributed by atoms with van der Waals surface area (Å²) in [4.78, 5) is 2.41. The molecule has 0 aliphatic carbocycles. The summed E-state index contributed by atoms with van der Waals surface area (Å²) in [7, 11) is 1.72. The molecule has 5 nitrogen and oxygen atoms in total. The van der Waals surface area contributed by atoms with Crippen LogP contribution in [-0.2, 0) is 6.54 Å². The Morgan fingerprint density at radius 2 is 2.30 bits per heavy atom. The third kappa shape index (κ3) is 2.69. The number of methoxy groups -OCH3 is 1. The number of piperazine rings is 1. The molecule has 1 aromatic heterocycles. The van der Waals surface area contributed by atoms with Gasteiger partial charge in [0, 0.05) is 37.8 Å². The van der Waals surface area contributed by atoms with Gasteiger partial charge in [0.25, 0.3) is 0 Å². The van der Waals surface area contributed by atoms with Crippen LogP contribution in [0.2, 0.25) is 0 Å². The molecule has 2 aromatic rings. The first-order valence-electron chi connectivity index (χ1n) is 6.85. The number of ether oxygens (including phenoxy) is 1. The number of hydrogen-bond acceptors (Lipinski definition) is 5. The molecule has 20 heavy (non-hydrogen) atoms. The third-order valence-electron chi connectivity index (χ3n) is 3.71. The van der Waals surface area contributed by atoms with Crippen molar-refractivity contribution in [2.24, 2.45) is 0 Å². The second kappa shape index (κ2) is 6.07. The van der Waals surface area contributed by atoms with Gasteiger partial charge in [-0.3, -0.25) is 4.90 Å². The highest BCUT2D eigenvalue weighted by molar-refractivity contribution is 5.36. The first-order chi connectivity index (χ1) is 9.88. The van der Waals surface area contributed by atoms with E-state index in [9.17, 15) is 0 Å². The second-order valence-electron chi connectivity index (χ2n) is 4.92. The minimum absolute atomic E-state index is 0.289. The second-order valence-corrected chi connectivity index (χ2v) is 4.92. The Balaban J connectivity index is 1.84. The van der Waals surface area contributed by atoms with Crippen molar-refractivity contribution in [1.29, 1.82) is 0 Å². The molecule has 1 unspecified atom stereocenters. The van der Waals surface area contributed by atoms with Crippen molar-refractivity contribution in [3.8, 4) is 5.75 Å². The normalized spacial score (nSPS) is 19.9. The average Bonchev–Trinajstić information content (AvgIpc) is 3.01. The smallest absolute Gasteiger partial charge is 0.124 e. The lowest BCUT2D eigenvalue weighted by atomic mass is 10.0. The molecule has 0 radical (unpaired) electrons. The number of nitrogens with zero attached hydrogens (tertiary/aromatic N) is 2. The number of para-hydroxylation sites is 1. The van der Waals surface area contributed by atoms with Crippen molar-refractivity contribution in [3.63, 3.8) is 0 Å². The molecule has 1 aliphatic heterocycles. The molecule has 106 valence electrons. The van der Waals surface area contributed by atoms with Gasteiger partial charge >= 0.3 is 0 Å². The Morgan fingerprint density at radius 1 is 1.40 bits per heavy atom. The van der Waals surface area contributed by atoms with E-state index in [1.54, 1.807) is 13.4 Å². The Labute approximate surface area is 118 Å². The van der Waals surface area contributed by atoms with Crippen LogP contribution in [0.3, 0.4) is 0 Å². The van der Waals surface area contributed by atoms with Crippen LogP contribution >= 0.6 is 0 Å². The van der Waals surface area contributed by atoms with Crippen molar-refractivity contribution < 1.29 is 9.26 Å². The van der Waals surface area contributed by atoms with E-state index < -0.39 is 0 Å². The molecule has 1 aliphatic rings. The minimum Gasteiger partial charge on any atom is -0.496 e. The number of benzene rings is 1. The van der Waals surface area contributed by atoms with Gasteiger partial charge in [-0.05, 0) is 6.07 Å². The van der Waals surface area contributed by atoms with E-state index in [0.29, 0.717) is 0 Å². The van der Waals surface area contributed by atoms with Gasteiger partial charge in [0.05, 0.1) is 18.8 Å². The van der Waals surface area contributed by atoms with E-state index in [1.165, 1.54) is 5.56 Å².